The summed E-state index contributed by atoms with van der Waals surface area (Å²) in [5.41, 5.74) is 1.80. The van der Waals surface area contributed by atoms with Gasteiger partial charge in [0.05, 0.1) is 16.8 Å². The first kappa shape index (κ1) is 16.5. The van der Waals surface area contributed by atoms with Crippen molar-refractivity contribution in [2.75, 3.05) is 31.1 Å². The minimum Gasteiger partial charge on any atom is -0.506 e. The molecule has 1 saturated heterocycles. The Kier molecular flexibility index (Phi) is 4.08. The van der Waals surface area contributed by atoms with Crippen LogP contribution in [0.1, 0.15) is 10.4 Å². The van der Waals surface area contributed by atoms with Gasteiger partial charge in [0.2, 0.25) is 0 Å². The van der Waals surface area contributed by atoms with Crippen molar-refractivity contribution in [2.24, 2.45) is 0 Å². The van der Waals surface area contributed by atoms with Crippen LogP contribution in [-0.2, 0) is 0 Å². The minimum atomic E-state index is -0.582. The molecule has 134 valence electrons. The number of anilines is 1. The second-order valence-corrected chi connectivity index (χ2v) is 6.55. The van der Waals surface area contributed by atoms with E-state index >= 15 is 0 Å². The third-order valence-electron chi connectivity index (χ3n) is 4.52. The van der Waals surface area contributed by atoms with Crippen molar-refractivity contribution in [3.8, 4) is 5.75 Å². The van der Waals surface area contributed by atoms with Gasteiger partial charge in [0, 0.05) is 31.2 Å². The van der Waals surface area contributed by atoms with Crippen LogP contribution < -0.4 is 10.7 Å². The van der Waals surface area contributed by atoms with Gasteiger partial charge < -0.3 is 19.3 Å². The molecule has 0 saturated carbocycles. The van der Waals surface area contributed by atoms with Gasteiger partial charge in [-0.2, -0.15) is 0 Å². The third-order valence-corrected chi connectivity index (χ3v) is 4.76. The second-order valence-electron chi connectivity index (χ2n) is 6.11. The SMILES string of the molecule is O=C(c1cccc2[nH]c(=O)oc12)N1CCN(c2cc(Cl)ccc2O)CC1. The monoisotopic (exact) mass is 373 g/mol. The van der Waals surface area contributed by atoms with Crippen LogP contribution in [0.2, 0.25) is 5.02 Å². The fraction of sp³-hybridized carbons (Fsp3) is 0.222. The van der Waals surface area contributed by atoms with Gasteiger partial charge in [-0.3, -0.25) is 9.78 Å². The van der Waals surface area contributed by atoms with Crippen LogP contribution in [0.25, 0.3) is 11.1 Å². The predicted octanol–water partition coefficient (Wildman–Crippen LogP) is 2.44. The van der Waals surface area contributed by atoms with E-state index in [1.807, 2.05) is 4.90 Å². The molecule has 0 unspecified atom stereocenters. The van der Waals surface area contributed by atoms with Crippen LogP contribution >= 0.6 is 11.6 Å². The molecule has 26 heavy (non-hydrogen) atoms. The zero-order valence-electron chi connectivity index (χ0n) is 13.7. The molecule has 0 atom stereocenters. The molecular weight excluding hydrogens is 358 g/mol. The van der Waals surface area contributed by atoms with Crippen molar-refractivity contribution < 1.29 is 14.3 Å². The average Bonchev–Trinajstić information content (AvgIpc) is 3.03. The first-order chi connectivity index (χ1) is 12.5. The summed E-state index contributed by atoms with van der Waals surface area (Å²) in [6, 6.07) is 9.95. The summed E-state index contributed by atoms with van der Waals surface area (Å²) in [5, 5.41) is 10.6. The Labute approximate surface area is 153 Å². The predicted molar refractivity (Wildman–Crippen MR) is 98.1 cm³/mol. The maximum absolute atomic E-state index is 12.8. The molecule has 3 aromatic rings. The Morgan fingerprint density at radius 2 is 1.92 bits per heavy atom. The number of aromatic nitrogens is 1. The van der Waals surface area contributed by atoms with E-state index in [0.29, 0.717) is 48.0 Å². The van der Waals surface area contributed by atoms with Crippen LogP contribution in [-0.4, -0.2) is 47.1 Å². The molecular formula is C18H16ClN3O4. The van der Waals surface area contributed by atoms with Crippen LogP contribution in [0.15, 0.2) is 45.6 Å². The van der Waals surface area contributed by atoms with Gasteiger partial charge >= 0.3 is 5.76 Å². The van der Waals surface area contributed by atoms with Crippen molar-refractivity contribution in [1.82, 2.24) is 9.88 Å². The highest BCUT2D eigenvalue weighted by molar-refractivity contribution is 6.30. The van der Waals surface area contributed by atoms with Gasteiger partial charge in [-0.05, 0) is 30.3 Å². The Hall–Kier alpha value is -2.93. The molecule has 1 aliphatic heterocycles. The number of nitrogens with zero attached hydrogens (tertiary/aromatic N) is 2. The van der Waals surface area contributed by atoms with Gasteiger partial charge in [0.1, 0.15) is 5.75 Å². The van der Waals surface area contributed by atoms with E-state index in [4.69, 9.17) is 16.0 Å². The number of hydrogen-bond donors (Lipinski definition) is 2. The van der Waals surface area contributed by atoms with Crippen molar-refractivity contribution in [3.63, 3.8) is 0 Å². The molecule has 0 bridgehead atoms. The number of carbonyl (C=O) groups is 1. The molecule has 4 rings (SSSR count). The Balaban J connectivity index is 1.53. The Morgan fingerprint density at radius 1 is 1.15 bits per heavy atom. The first-order valence-corrected chi connectivity index (χ1v) is 8.55. The summed E-state index contributed by atoms with van der Waals surface area (Å²) in [6.45, 7) is 2.09. The molecule has 2 N–H and O–H groups in total. The first-order valence-electron chi connectivity index (χ1n) is 8.17. The van der Waals surface area contributed by atoms with Gasteiger partial charge in [0.25, 0.3) is 5.91 Å². The van der Waals surface area contributed by atoms with E-state index in [0.717, 1.165) is 0 Å². The number of halogens is 1. The number of phenolic OH excluding ortho intramolecular Hbond substituents is 1. The van der Waals surface area contributed by atoms with Crippen LogP contribution in [0.4, 0.5) is 5.69 Å². The van der Waals surface area contributed by atoms with E-state index in [2.05, 4.69) is 4.98 Å². The summed E-state index contributed by atoms with van der Waals surface area (Å²) in [4.78, 5) is 30.5. The van der Waals surface area contributed by atoms with E-state index < -0.39 is 5.76 Å². The Morgan fingerprint density at radius 3 is 2.69 bits per heavy atom. The van der Waals surface area contributed by atoms with E-state index in [1.54, 1.807) is 41.3 Å². The number of amides is 1. The van der Waals surface area contributed by atoms with Gasteiger partial charge in [-0.1, -0.05) is 17.7 Å². The molecule has 0 radical (unpaired) electrons. The molecule has 1 amide bonds. The fourth-order valence-electron chi connectivity index (χ4n) is 3.21. The summed E-state index contributed by atoms with van der Waals surface area (Å²) in [7, 11) is 0. The lowest BCUT2D eigenvalue weighted by Crippen LogP contribution is -2.48. The zero-order chi connectivity index (χ0) is 18.3. The van der Waals surface area contributed by atoms with Gasteiger partial charge in [-0.15, -0.1) is 0 Å². The number of carbonyl (C=O) groups excluding carboxylic acids is 1. The van der Waals surface area contributed by atoms with E-state index in [1.165, 1.54) is 0 Å². The molecule has 0 aliphatic carbocycles. The van der Waals surface area contributed by atoms with Gasteiger partial charge in [0.15, 0.2) is 5.58 Å². The standard InChI is InChI=1S/C18H16ClN3O4/c19-11-4-5-15(23)14(10-11)21-6-8-22(9-7-21)17(24)12-2-1-3-13-16(12)26-18(25)20-13/h1-5,10,23H,6-9H2,(H,20,25). The Bertz CT molecular complexity index is 1030. The van der Waals surface area contributed by atoms with Crippen molar-refractivity contribution in [2.45, 2.75) is 0 Å². The summed E-state index contributed by atoms with van der Waals surface area (Å²) in [6.07, 6.45) is 0. The normalized spacial score (nSPS) is 14.8. The molecule has 1 fully saturated rings. The lowest BCUT2D eigenvalue weighted by Gasteiger charge is -2.36. The van der Waals surface area contributed by atoms with Gasteiger partial charge in [-0.25, -0.2) is 4.79 Å². The maximum Gasteiger partial charge on any atom is 0.417 e. The highest BCUT2D eigenvalue weighted by Gasteiger charge is 2.25. The van der Waals surface area contributed by atoms with Crippen molar-refractivity contribution in [1.29, 1.82) is 0 Å². The largest absolute Gasteiger partial charge is 0.506 e. The minimum absolute atomic E-state index is 0.160. The van der Waals surface area contributed by atoms with Crippen molar-refractivity contribution >= 4 is 34.3 Å². The number of oxazole rings is 1. The fourth-order valence-corrected chi connectivity index (χ4v) is 3.38. The molecule has 1 aliphatic rings. The highest BCUT2D eigenvalue weighted by Crippen LogP contribution is 2.31. The second kappa shape index (κ2) is 6.42. The maximum atomic E-state index is 12.8. The number of hydrogen-bond acceptors (Lipinski definition) is 5. The topological polar surface area (TPSA) is 89.8 Å². The quantitative estimate of drug-likeness (QED) is 0.720. The summed E-state index contributed by atoms with van der Waals surface area (Å²) < 4.78 is 5.11. The zero-order valence-corrected chi connectivity index (χ0v) is 14.5. The number of piperazine rings is 1. The number of fused-ring (bicyclic) bond motifs is 1. The number of para-hydroxylation sites is 1. The number of phenols is 1. The van der Waals surface area contributed by atoms with Crippen LogP contribution in [0.5, 0.6) is 5.75 Å². The molecule has 2 heterocycles. The average molecular weight is 374 g/mol. The van der Waals surface area contributed by atoms with E-state index in [9.17, 15) is 14.7 Å². The molecule has 0 spiro atoms. The highest BCUT2D eigenvalue weighted by atomic mass is 35.5. The number of H-pyrrole nitrogens is 1. The third kappa shape index (κ3) is 2.90. The number of rotatable bonds is 2. The smallest absolute Gasteiger partial charge is 0.417 e. The summed E-state index contributed by atoms with van der Waals surface area (Å²) in [5.74, 6) is -0.608. The summed E-state index contributed by atoms with van der Waals surface area (Å²) >= 11 is 6.01. The van der Waals surface area contributed by atoms with Crippen LogP contribution in [0.3, 0.4) is 0 Å². The lowest BCUT2D eigenvalue weighted by molar-refractivity contribution is 0.0747. The number of benzene rings is 2. The van der Waals surface area contributed by atoms with Crippen LogP contribution in [0, 0.1) is 0 Å². The molecule has 7 nitrogen and oxygen atoms in total. The number of nitrogens with one attached hydrogen (secondary N) is 1. The lowest BCUT2D eigenvalue weighted by atomic mass is 10.1. The molecule has 1 aromatic heterocycles. The van der Waals surface area contributed by atoms with Crippen molar-refractivity contribution in [3.05, 3.63) is 57.5 Å². The van der Waals surface area contributed by atoms with E-state index in [-0.39, 0.29) is 17.2 Å². The number of aromatic amines is 1. The molecule has 8 heteroatoms. The number of aromatic hydroxyl groups is 1. The molecule has 2 aromatic carbocycles.